The number of rotatable bonds is 93. The van der Waals surface area contributed by atoms with Gasteiger partial charge < -0.3 is 34.2 Å². The van der Waals surface area contributed by atoms with E-state index < -0.39 is 91.5 Å². The van der Waals surface area contributed by atoms with Crippen LogP contribution in [0, 0.1) is 0 Å². The van der Waals surface area contributed by atoms with Gasteiger partial charge in [0, 0.05) is 19.3 Å². The molecule has 16 nitrogen and oxygen atoms in total. The summed E-state index contributed by atoms with van der Waals surface area (Å²) in [5.41, 5.74) is 0. The van der Waals surface area contributed by atoms with Crippen LogP contribution in [0.5, 0.6) is 0 Å². The zero-order valence-electron chi connectivity index (χ0n) is 78.1. The van der Waals surface area contributed by atoms with Crippen LogP contribution in [0.15, 0.2) is 170 Å². The fourth-order valence-electron chi connectivity index (χ4n) is 13.4. The first kappa shape index (κ1) is 118. The van der Waals surface area contributed by atoms with Crippen molar-refractivity contribution < 1.29 is 75.8 Å². The maximum Gasteiger partial charge on any atom is 0.472 e. The molecule has 0 saturated carbocycles. The van der Waals surface area contributed by atoms with Crippen molar-refractivity contribution in [2.24, 2.45) is 0 Å². The largest absolute Gasteiger partial charge is 0.472 e. The highest BCUT2D eigenvalue weighted by Gasteiger charge is 2.30. The normalized spacial score (nSPS) is 14.4. The molecule has 4 N–H and O–H groups in total. The van der Waals surface area contributed by atoms with Gasteiger partial charge in [-0.15, -0.1) is 0 Å². The quantitative estimate of drug-likeness (QED) is 0.0146. The molecular weight excluding hydrogens is 1580 g/mol. The van der Waals surface area contributed by atoms with Crippen LogP contribution in [0.1, 0.15) is 419 Å². The molecule has 0 radical (unpaired) electrons. The van der Waals surface area contributed by atoms with Crippen molar-refractivity contribution in [2.75, 3.05) is 39.6 Å². The molecule has 0 rings (SSSR count). The maximum atomic E-state index is 13.1. The number of unbranched alkanes of at least 4 members (excludes halogenated alkanes) is 42. The summed E-state index contributed by atoms with van der Waals surface area (Å²) >= 11 is 0. The van der Waals surface area contributed by atoms with Crippen molar-refractivity contribution in [3.63, 3.8) is 0 Å². The first-order valence-corrected chi connectivity index (χ1v) is 52.4. The molecule has 0 aromatic rings. The minimum absolute atomic E-state index is 0.0812. The highest BCUT2D eigenvalue weighted by molar-refractivity contribution is 7.47. The smallest absolute Gasteiger partial charge is 0.463 e. The van der Waals surface area contributed by atoms with E-state index in [0.717, 1.165) is 154 Å². The molecule has 123 heavy (non-hydrogen) atoms. The lowest BCUT2D eigenvalue weighted by Crippen LogP contribution is -2.30. The molecular formula is C105H180O16P2. The molecule has 0 aromatic carbocycles. The molecule has 0 fully saturated rings. The Morgan fingerprint density at radius 3 is 0.683 bits per heavy atom. The summed E-state index contributed by atoms with van der Waals surface area (Å²) in [6, 6.07) is 0. The number of hydrogen-bond donors (Lipinski definition) is 4. The van der Waals surface area contributed by atoms with Gasteiger partial charge in [-0.3, -0.25) is 32.5 Å². The van der Waals surface area contributed by atoms with Crippen molar-refractivity contribution in [3.05, 3.63) is 170 Å². The van der Waals surface area contributed by atoms with E-state index in [1.165, 1.54) is 205 Å². The van der Waals surface area contributed by atoms with E-state index in [2.05, 4.69) is 191 Å². The SMILES string of the molecule is CC/C=C\C/C=C\C/C=C\C/C=C\C/C=C\C/C=C\CCCCCCCCCCCCCCCCCCC(=O)OCC(O)COP(=O)(O)OCC(O)COP(=O)(O)OCC(COC(=O)CCCCCCCCCCCCCCCCC/C=C\C/C=C\C/C=C\C/C=C\CCCCC)OC(=O)CCCCCCC/C=C\C/C=C\C/C=C\C/C=C\CCCCC. The lowest BCUT2D eigenvalue weighted by atomic mass is 10.0. The molecule has 0 saturated heterocycles. The summed E-state index contributed by atoms with van der Waals surface area (Å²) in [6.07, 6.45) is 126. The van der Waals surface area contributed by atoms with E-state index in [1.54, 1.807) is 0 Å². The van der Waals surface area contributed by atoms with Gasteiger partial charge in [0.15, 0.2) is 6.10 Å². The first-order chi connectivity index (χ1) is 60.2. The summed E-state index contributed by atoms with van der Waals surface area (Å²) in [7, 11) is -9.82. The number of ether oxygens (including phenoxy) is 3. The number of phosphoric acid groups is 2. The van der Waals surface area contributed by atoms with Crippen LogP contribution in [0.4, 0.5) is 0 Å². The van der Waals surface area contributed by atoms with E-state index >= 15 is 0 Å². The highest BCUT2D eigenvalue weighted by Crippen LogP contribution is 2.45. The van der Waals surface area contributed by atoms with Gasteiger partial charge in [0.05, 0.1) is 26.4 Å². The Morgan fingerprint density at radius 2 is 0.431 bits per heavy atom. The van der Waals surface area contributed by atoms with Crippen molar-refractivity contribution in [2.45, 2.75) is 437 Å². The number of carbonyl (C=O) groups is 3. The molecule has 5 unspecified atom stereocenters. The van der Waals surface area contributed by atoms with Crippen molar-refractivity contribution in [1.29, 1.82) is 0 Å². The number of hydrogen-bond acceptors (Lipinski definition) is 14. The molecule has 0 aliphatic heterocycles. The predicted molar refractivity (Wildman–Crippen MR) is 519 cm³/mol. The number of esters is 3. The van der Waals surface area contributed by atoms with Crippen LogP contribution in [-0.4, -0.2) is 95.9 Å². The second-order valence-corrected chi connectivity index (χ2v) is 35.7. The molecule has 5 atom stereocenters. The van der Waals surface area contributed by atoms with Gasteiger partial charge in [0.25, 0.3) is 0 Å². The van der Waals surface area contributed by atoms with Crippen LogP contribution in [0.3, 0.4) is 0 Å². The average molecular weight is 1760 g/mol. The Balaban J connectivity index is 4.54. The summed E-state index contributed by atoms with van der Waals surface area (Å²) < 4.78 is 61.6. The number of aliphatic hydroxyl groups excluding tert-OH is 2. The van der Waals surface area contributed by atoms with Crippen molar-refractivity contribution >= 4 is 33.6 Å². The maximum absolute atomic E-state index is 13.1. The topological polar surface area (TPSA) is 231 Å². The molecule has 0 amide bonds. The molecule has 0 aliphatic rings. The zero-order valence-corrected chi connectivity index (χ0v) is 79.9. The number of phosphoric ester groups is 2. The summed E-state index contributed by atoms with van der Waals surface area (Å²) in [4.78, 5) is 59.1. The Bertz CT molecular complexity index is 2920. The first-order valence-electron chi connectivity index (χ1n) is 49.4. The fraction of sp³-hybridized carbons (Fsp3) is 0.705. The van der Waals surface area contributed by atoms with Gasteiger partial charge in [-0.05, 0) is 161 Å². The van der Waals surface area contributed by atoms with Gasteiger partial charge in [0.1, 0.15) is 25.4 Å². The summed E-state index contributed by atoms with van der Waals surface area (Å²) in [5, 5.41) is 20.8. The van der Waals surface area contributed by atoms with E-state index in [1.807, 2.05) is 0 Å². The lowest BCUT2D eigenvalue weighted by molar-refractivity contribution is -0.161. The predicted octanol–water partition coefficient (Wildman–Crippen LogP) is 31.0. The van der Waals surface area contributed by atoms with E-state index in [9.17, 15) is 43.5 Å². The van der Waals surface area contributed by atoms with Crippen LogP contribution in [-0.2, 0) is 55.8 Å². The minimum atomic E-state index is -4.95. The lowest BCUT2D eigenvalue weighted by Gasteiger charge is -2.21. The average Bonchev–Trinajstić information content (AvgIpc) is 0.898. The Labute approximate surface area is 752 Å². The summed E-state index contributed by atoms with van der Waals surface area (Å²) in [5.74, 6) is -1.58. The molecule has 0 aromatic heterocycles. The molecule has 706 valence electrons. The molecule has 0 bridgehead atoms. The van der Waals surface area contributed by atoms with Gasteiger partial charge in [0.2, 0.25) is 0 Å². The third kappa shape index (κ3) is 97.4. The number of carbonyl (C=O) groups excluding carboxylic acids is 3. The van der Waals surface area contributed by atoms with E-state index in [4.69, 9.17) is 32.3 Å². The summed E-state index contributed by atoms with van der Waals surface area (Å²) in [6.45, 7) is 2.55. The van der Waals surface area contributed by atoms with Gasteiger partial charge in [-0.2, -0.15) is 0 Å². The van der Waals surface area contributed by atoms with Gasteiger partial charge in [-0.25, -0.2) is 9.13 Å². The Hall–Kier alpha value is -5.09. The Kier molecular flexibility index (Phi) is 92.0. The molecule has 0 spiro atoms. The van der Waals surface area contributed by atoms with Crippen LogP contribution in [0.25, 0.3) is 0 Å². The van der Waals surface area contributed by atoms with Crippen LogP contribution >= 0.6 is 15.6 Å². The van der Waals surface area contributed by atoms with Crippen LogP contribution in [0.2, 0.25) is 0 Å². The monoisotopic (exact) mass is 1760 g/mol. The fourth-order valence-corrected chi connectivity index (χ4v) is 15.0. The van der Waals surface area contributed by atoms with E-state index in [-0.39, 0.29) is 19.3 Å². The van der Waals surface area contributed by atoms with Crippen molar-refractivity contribution in [3.8, 4) is 0 Å². The third-order valence-corrected chi connectivity index (χ3v) is 22.8. The van der Waals surface area contributed by atoms with Crippen LogP contribution < -0.4 is 0 Å². The van der Waals surface area contributed by atoms with Gasteiger partial charge in [-0.1, -0.05) is 409 Å². The highest BCUT2D eigenvalue weighted by atomic mass is 31.2. The number of aliphatic hydroxyl groups is 2. The number of allylic oxidation sites excluding steroid dienone is 28. The second-order valence-electron chi connectivity index (χ2n) is 32.8. The minimum Gasteiger partial charge on any atom is -0.463 e. The molecule has 18 heteroatoms. The molecule has 0 heterocycles. The van der Waals surface area contributed by atoms with Gasteiger partial charge >= 0.3 is 33.6 Å². The van der Waals surface area contributed by atoms with E-state index in [0.29, 0.717) is 19.3 Å². The standard InChI is InChI=1S/C105H180O16P2/c1-4-7-10-13-16-19-22-25-28-31-34-37-39-41-43-45-47-48-49-50-52-54-55-57-59-62-64-67-70-73-76-79-82-85-88-91-103(108)115-94-100(106)95-117-122(111,112)118-96-101(107)97-119-123(113,114)120-99-102(121-105(110)93-90-87-84-81-78-75-72-69-66-61-36-33-30-27-24-21-18-15-12-9-6-3)98-116-104(109)92-89-86-83-80-77-74-71-68-65-63-60-58-56-53-51-46-44-42-40-38-35-32-29-26-23-20-17-14-11-8-5-2/h7,10,16-21,25-30,34-38,41-44,47-48,61,69,72,100-102,106-107H,4-6,8-9,11-15,22-24,31-33,39-40,45-46,49-60,62-68,70-71,73-99H2,1-3H3,(H,111,112)(H,113,114)/b10-7-,19-16-,20-17-,21-18-,28-25-,29-26-,30-27-,37-34-,38-35-,43-41-,44-42-,48-47-,61-36-,72-69-. The third-order valence-electron chi connectivity index (χ3n) is 20.9. The zero-order chi connectivity index (χ0) is 89.3. The molecule has 0 aliphatic carbocycles. The van der Waals surface area contributed by atoms with Crippen molar-refractivity contribution in [1.82, 2.24) is 0 Å². The second kappa shape index (κ2) is 96.0. The Morgan fingerprint density at radius 1 is 0.236 bits per heavy atom.